The predicted octanol–water partition coefficient (Wildman–Crippen LogP) is 3.65. The molecule has 0 spiro atoms. The lowest BCUT2D eigenvalue weighted by Crippen LogP contribution is -2.50. The van der Waals surface area contributed by atoms with Gasteiger partial charge in [-0.3, -0.25) is 4.79 Å². The first-order chi connectivity index (χ1) is 13.1. The zero-order chi connectivity index (χ0) is 21.1. The average Bonchev–Trinajstić information content (AvgIpc) is 3.00. The Labute approximate surface area is 166 Å². The van der Waals surface area contributed by atoms with Crippen molar-refractivity contribution in [3.05, 3.63) is 40.4 Å². The second-order valence-corrected chi connectivity index (χ2v) is 7.06. The van der Waals surface area contributed by atoms with Crippen LogP contribution in [0.4, 0.5) is 4.39 Å². The predicted molar refractivity (Wildman–Crippen MR) is 98.9 cm³/mol. The van der Waals surface area contributed by atoms with Crippen molar-refractivity contribution in [2.75, 3.05) is 6.61 Å². The van der Waals surface area contributed by atoms with Gasteiger partial charge in [0.1, 0.15) is 28.4 Å². The quantitative estimate of drug-likeness (QED) is 0.732. The lowest BCUT2D eigenvalue weighted by atomic mass is 9.90. The number of ether oxygens (including phenoxy) is 1. The van der Waals surface area contributed by atoms with E-state index in [0.717, 1.165) is 0 Å². The van der Waals surface area contributed by atoms with Crippen molar-refractivity contribution in [2.45, 2.75) is 33.2 Å². The molecule has 1 amide bonds. The number of amides is 1. The number of hydrogen-bond donors (Lipinski definition) is 1. The van der Waals surface area contributed by atoms with Gasteiger partial charge in [0.05, 0.1) is 16.7 Å². The lowest BCUT2D eigenvalue weighted by Gasteiger charge is -2.27. The zero-order valence-corrected chi connectivity index (χ0v) is 16.6. The van der Waals surface area contributed by atoms with E-state index in [1.165, 1.54) is 25.1 Å². The fraction of sp³-hybridized carbons (Fsp3) is 0.368. The molecular formula is C19H19ClFN3O4. The van der Waals surface area contributed by atoms with Crippen LogP contribution in [0, 0.1) is 30.0 Å². The molecular weight excluding hydrogens is 389 g/mol. The molecule has 1 atom stereocenters. The Hall–Kier alpha value is -2.92. The van der Waals surface area contributed by atoms with Gasteiger partial charge < -0.3 is 14.6 Å². The van der Waals surface area contributed by atoms with Gasteiger partial charge >= 0.3 is 5.97 Å². The van der Waals surface area contributed by atoms with Crippen molar-refractivity contribution < 1.29 is 23.2 Å². The summed E-state index contributed by atoms with van der Waals surface area (Å²) in [5.74, 6) is -2.33. The molecule has 0 aliphatic heterocycles. The van der Waals surface area contributed by atoms with E-state index in [1.807, 2.05) is 6.07 Å². The van der Waals surface area contributed by atoms with Crippen molar-refractivity contribution in [3.63, 3.8) is 0 Å². The number of hydrogen-bond acceptors (Lipinski definition) is 6. The maximum Gasteiger partial charge on any atom is 0.344 e. The Kier molecular flexibility index (Phi) is 6.41. The van der Waals surface area contributed by atoms with Crippen LogP contribution in [0.3, 0.4) is 0 Å². The summed E-state index contributed by atoms with van der Waals surface area (Å²) in [6, 6.07) is 6.05. The van der Waals surface area contributed by atoms with E-state index in [9.17, 15) is 19.2 Å². The smallest absolute Gasteiger partial charge is 0.344 e. The summed E-state index contributed by atoms with van der Waals surface area (Å²) in [6.45, 7) is 5.95. The van der Waals surface area contributed by atoms with Crippen LogP contribution >= 0.6 is 11.6 Å². The number of aromatic nitrogens is 1. The van der Waals surface area contributed by atoms with Gasteiger partial charge in [0, 0.05) is 0 Å². The van der Waals surface area contributed by atoms with Gasteiger partial charge in [-0.2, -0.15) is 5.26 Å². The number of rotatable bonds is 6. The molecule has 0 aliphatic rings. The molecule has 1 aromatic carbocycles. The molecule has 1 aromatic heterocycles. The Morgan fingerprint density at radius 1 is 1.46 bits per heavy atom. The van der Waals surface area contributed by atoms with Crippen LogP contribution in [0.1, 0.15) is 36.9 Å². The topological polar surface area (TPSA) is 105 Å². The second kappa shape index (κ2) is 8.40. The van der Waals surface area contributed by atoms with Crippen LogP contribution in [0.2, 0.25) is 5.02 Å². The van der Waals surface area contributed by atoms with Gasteiger partial charge in [-0.1, -0.05) is 36.7 Å². The van der Waals surface area contributed by atoms with Crippen LogP contribution in [0.25, 0.3) is 11.3 Å². The summed E-state index contributed by atoms with van der Waals surface area (Å²) >= 11 is 6.03. The largest absolute Gasteiger partial charge is 0.452 e. The van der Waals surface area contributed by atoms with E-state index in [-0.39, 0.29) is 33.5 Å². The number of nitriles is 1. The molecule has 0 fully saturated rings. The summed E-state index contributed by atoms with van der Waals surface area (Å²) in [6.07, 6.45) is 0. The Morgan fingerprint density at radius 2 is 2.14 bits per heavy atom. The SMILES string of the molecule is Cc1onc(-c2c(F)cccc2Cl)c1C(=O)OCC(=O)NC(C)(C#N)C(C)C. The normalized spacial score (nSPS) is 12.9. The first-order valence-electron chi connectivity index (χ1n) is 8.40. The molecule has 0 aliphatic carbocycles. The third kappa shape index (κ3) is 4.31. The van der Waals surface area contributed by atoms with Crippen LogP contribution in [0.5, 0.6) is 0 Å². The molecule has 148 valence electrons. The highest BCUT2D eigenvalue weighted by Gasteiger charge is 2.31. The Bertz CT molecular complexity index is 931. The summed E-state index contributed by atoms with van der Waals surface area (Å²) < 4.78 is 24.2. The molecule has 0 radical (unpaired) electrons. The average molecular weight is 408 g/mol. The van der Waals surface area contributed by atoms with Crippen LogP contribution < -0.4 is 5.32 Å². The number of carbonyl (C=O) groups is 2. The highest BCUT2D eigenvalue weighted by atomic mass is 35.5. The van der Waals surface area contributed by atoms with E-state index < -0.39 is 29.8 Å². The van der Waals surface area contributed by atoms with Gasteiger partial charge in [-0.25, -0.2) is 9.18 Å². The van der Waals surface area contributed by atoms with Crippen molar-refractivity contribution in [1.82, 2.24) is 10.5 Å². The minimum atomic E-state index is -1.11. The minimum absolute atomic E-state index is 0.0433. The second-order valence-electron chi connectivity index (χ2n) is 6.65. The molecule has 2 aromatic rings. The number of aryl methyl sites for hydroxylation is 1. The molecule has 0 saturated heterocycles. The summed E-state index contributed by atoms with van der Waals surface area (Å²) in [4.78, 5) is 24.6. The van der Waals surface area contributed by atoms with Gasteiger partial charge in [0.15, 0.2) is 6.61 Å². The standard InChI is InChI=1S/C19H19ClFN3O4/c1-10(2)19(4,9-22)23-14(25)8-27-18(26)15-11(3)28-24-17(15)16-12(20)6-5-7-13(16)21/h5-7,10H,8H2,1-4H3,(H,23,25). The molecule has 0 bridgehead atoms. The molecule has 2 rings (SSSR count). The van der Waals surface area contributed by atoms with Crippen molar-refractivity contribution >= 4 is 23.5 Å². The third-order valence-corrected chi connectivity index (χ3v) is 4.70. The fourth-order valence-electron chi connectivity index (χ4n) is 2.34. The third-order valence-electron chi connectivity index (χ3n) is 4.39. The molecule has 1 N–H and O–H groups in total. The number of carbonyl (C=O) groups excluding carboxylic acids is 2. The van der Waals surface area contributed by atoms with Crippen molar-refractivity contribution in [3.8, 4) is 17.3 Å². The Morgan fingerprint density at radius 3 is 2.71 bits per heavy atom. The maximum absolute atomic E-state index is 14.2. The number of halogens is 2. The fourth-order valence-corrected chi connectivity index (χ4v) is 2.59. The first-order valence-corrected chi connectivity index (χ1v) is 8.78. The first kappa shape index (κ1) is 21.4. The Balaban J connectivity index is 2.20. The van der Waals surface area contributed by atoms with Crippen LogP contribution in [-0.4, -0.2) is 29.2 Å². The summed E-state index contributed by atoms with van der Waals surface area (Å²) in [7, 11) is 0. The van der Waals surface area contributed by atoms with Crippen LogP contribution in [0.15, 0.2) is 22.7 Å². The molecule has 1 unspecified atom stereocenters. The highest BCUT2D eigenvalue weighted by molar-refractivity contribution is 6.33. The minimum Gasteiger partial charge on any atom is -0.452 e. The van der Waals surface area contributed by atoms with Gasteiger partial charge in [0.25, 0.3) is 5.91 Å². The molecule has 0 saturated carbocycles. The molecule has 1 heterocycles. The molecule has 9 heteroatoms. The van der Waals surface area contributed by atoms with Crippen molar-refractivity contribution in [2.24, 2.45) is 5.92 Å². The van der Waals surface area contributed by atoms with Crippen LogP contribution in [-0.2, 0) is 9.53 Å². The summed E-state index contributed by atoms with van der Waals surface area (Å²) in [5.41, 5.74) is -1.46. The molecule has 7 nitrogen and oxygen atoms in total. The lowest BCUT2D eigenvalue weighted by molar-refractivity contribution is -0.125. The van der Waals surface area contributed by atoms with E-state index in [1.54, 1.807) is 20.8 Å². The number of benzene rings is 1. The summed E-state index contributed by atoms with van der Waals surface area (Å²) in [5, 5.41) is 15.5. The molecule has 28 heavy (non-hydrogen) atoms. The van der Waals surface area contributed by atoms with Crippen molar-refractivity contribution in [1.29, 1.82) is 5.26 Å². The maximum atomic E-state index is 14.2. The number of nitrogens with one attached hydrogen (secondary N) is 1. The van der Waals surface area contributed by atoms with Gasteiger partial charge in [0.2, 0.25) is 0 Å². The number of esters is 1. The van der Waals surface area contributed by atoms with Gasteiger partial charge in [-0.05, 0) is 31.9 Å². The van der Waals surface area contributed by atoms with E-state index in [4.69, 9.17) is 20.9 Å². The number of nitrogens with zero attached hydrogens (tertiary/aromatic N) is 2. The van der Waals surface area contributed by atoms with E-state index >= 15 is 0 Å². The van der Waals surface area contributed by atoms with Gasteiger partial charge in [-0.15, -0.1) is 0 Å². The zero-order valence-electron chi connectivity index (χ0n) is 15.8. The van der Waals surface area contributed by atoms with E-state index in [2.05, 4.69) is 10.5 Å². The van der Waals surface area contributed by atoms with E-state index in [0.29, 0.717) is 0 Å². The highest BCUT2D eigenvalue weighted by Crippen LogP contribution is 2.33. The monoisotopic (exact) mass is 407 g/mol.